The van der Waals surface area contributed by atoms with E-state index >= 15 is 0 Å². The van der Waals surface area contributed by atoms with Crippen molar-refractivity contribution >= 4 is 23.1 Å². The standard InChI is InChI=1S/C28H43N7O4/c1-5-6-15-34-23-24(30-27(34)33-14-9-10-22(29)19-33)31(4)28(38)35(25(23)36)16-8-7-13-32-17-11-21(12-18-32)26(37)39-20(2)3/h20-22H,7-19,29H2,1-4H3/t22-/m1/s1. The van der Waals surface area contributed by atoms with Crippen molar-refractivity contribution in [1.82, 2.24) is 23.6 Å². The van der Waals surface area contributed by atoms with Gasteiger partial charge in [0.2, 0.25) is 5.95 Å². The predicted molar refractivity (Wildman–Crippen MR) is 152 cm³/mol. The van der Waals surface area contributed by atoms with Gasteiger partial charge < -0.3 is 20.3 Å². The molecule has 2 aliphatic heterocycles. The smallest absolute Gasteiger partial charge is 0.332 e. The molecule has 0 bridgehead atoms. The number of piperidine rings is 2. The highest BCUT2D eigenvalue weighted by atomic mass is 16.5. The van der Waals surface area contributed by atoms with Gasteiger partial charge in [0.25, 0.3) is 5.56 Å². The highest BCUT2D eigenvalue weighted by Crippen LogP contribution is 2.23. The molecule has 11 nitrogen and oxygen atoms in total. The fraction of sp³-hybridized carbons (Fsp3) is 0.714. The number of unbranched alkanes of at least 4 members (excludes halogenated alkanes) is 1. The summed E-state index contributed by atoms with van der Waals surface area (Å²) < 4.78 is 10.0. The van der Waals surface area contributed by atoms with Gasteiger partial charge in [-0.25, -0.2) is 4.79 Å². The van der Waals surface area contributed by atoms with E-state index in [9.17, 15) is 14.4 Å². The highest BCUT2D eigenvalue weighted by molar-refractivity contribution is 5.75. The van der Waals surface area contributed by atoms with Gasteiger partial charge >= 0.3 is 11.7 Å². The number of aromatic nitrogens is 4. The number of hydrogen-bond acceptors (Lipinski definition) is 8. The number of imidazole rings is 1. The van der Waals surface area contributed by atoms with Crippen LogP contribution in [0.1, 0.15) is 59.3 Å². The summed E-state index contributed by atoms with van der Waals surface area (Å²) in [6.45, 7) is 10.2. The summed E-state index contributed by atoms with van der Waals surface area (Å²) in [6.07, 6.45) is 4.98. The summed E-state index contributed by atoms with van der Waals surface area (Å²) in [6, 6.07) is 0.0457. The molecule has 39 heavy (non-hydrogen) atoms. The molecule has 2 saturated heterocycles. The minimum atomic E-state index is -0.356. The Hall–Kier alpha value is -3.10. The second-order valence-electron chi connectivity index (χ2n) is 11.1. The van der Waals surface area contributed by atoms with Crippen molar-refractivity contribution in [3.63, 3.8) is 0 Å². The van der Waals surface area contributed by atoms with Gasteiger partial charge in [0, 0.05) is 32.7 Å². The average molecular weight is 542 g/mol. The first-order valence-electron chi connectivity index (χ1n) is 14.2. The molecule has 0 saturated carbocycles. The van der Waals surface area contributed by atoms with Crippen LogP contribution < -0.4 is 21.9 Å². The van der Waals surface area contributed by atoms with Crippen LogP contribution in [0.4, 0.5) is 5.95 Å². The molecule has 2 fully saturated rings. The molecule has 2 N–H and O–H groups in total. The van der Waals surface area contributed by atoms with Crippen LogP contribution in [-0.2, 0) is 29.7 Å². The molecule has 0 spiro atoms. The van der Waals surface area contributed by atoms with Gasteiger partial charge in [0.15, 0.2) is 11.2 Å². The normalized spacial score (nSPS) is 18.9. The number of ether oxygens (including phenoxy) is 1. The third kappa shape index (κ3) is 6.56. The molecule has 2 aromatic heterocycles. The Kier molecular flexibility index (Phi) is 9.51. The monoisotopic (exact) mass is 541 g/mol. The molecule has 214 valence electrons. The molecule has 0 unspecified atom stereocenters. The lowest BCUT2D eigenvalue weighted by Crippen LogP contribution is -2.44. The molecule has 0 radical (unpaired) electrons. The van der Waals surface area contributed by atoms with E-state index in [1.807, 2.05) is 18.4 Å². The number of hydrogen-bond donors (Lipinski definition) is 1. The molecule has 2 aromatic rings. The zero-order chi connectivity index (χ0) is 28.1. The topological polar surface area (TPSA) is 121 Å². The van der Waals surface area contributed by atoms with Crippen molar-refractivity contribution in [3.05, 3.63) is 20.8 Å². The Labute approximate surface area is 229 Å². The zero-order valence-corrected chi connectivity index (χ0v) is 23.8. The zero-order valence-electron chi connectivity index (χ0n) is 23.8. The molecule has 1 atom stereocenters. The second kappa shape index (κ2) is 12.8. The van der Waals surface area contributed by atoms with E-state index in [0.29, 0.717) is 43.2 Å². The second-order valence-corrected chi connectivity index (χ2v) is 11.1. The quantitative estimate of drug-likeness (QED) is 0.287. The SMILES string of the molecule is CC#CCn1c(N2CCC[C@@H](N)C2)nc2c1c(=O)n(CCCCN1CCC(C(=O)OC(C)C)CC1)c(=O)n2C. The Morgan fingerprint density at radius 3 is 2.49 bits per heavy atom. The van der Waals surface area contributed by atoms with Crippen LogP contribution in [0, 0.1) is 17.8 Å². The summed E-state index contributed by atoms with van der Waals surface area (Å²) in [5.41, 5.74) is 6.33. The summed E-state index contributed by atoms with van der Waals surface area (Å²) in [5, 5.41) is 0. The average Bonchev–Trinajstić information content (AvgIpc) is 3.30. The van der Waals surface area contributed by atoms with E-state index in [1.54, 1.807) is 14.0 Å². The fourth-order valence-electron chi connectivity index (χ4n) is 5.62. The number of anilines is 1. The van der Waals surface area contributed by atoms with Gasteiger partial charge in [-0.3, -0.25) is 23.3 Å². The maximum Gasteiger partial charge on any atom is 0.332 e. The summed E-state index contributed by atoms with van der Waals surface area (Å²) in [5.74, 6) is 6.51. The van der Waals surface area contributed by atoms with E-state index in [4.69, 9.17) is 15.5 Å². The highest BCUT2D eigenvalue weighted by Gasteiger charge is 2.27. The number of carbonyl (C=O) groups is 1. The first-order valence-corrected chi connectivity index (χ1v) is 14.2. The molecule has 4 rings (SSSR count). The van der Waals surface area contributed by atoms with E-state index in [1.165, 1.54) is 9.13 Å². The van der Waals surface area contributed by atoms with Gasteiger partial charge in [-0.05, 0) is 78.9 Å². The maximum absolute atomic E-state index is 13.7. The lowest BCUT2D eigenvalue weighted by atomic mass is 9.97. The van der Waals surface area contributed by atoms with E-state index in [2.05, 4.69) is 21.6 Å². The first kappa shape index (κ1) is 28.9. The molecule has 0 aromatic carbocycles. The number of fused-ring (bicyclic) bond motifs is 1. The van der Waals surface area contributed by atoms with Crippen molar-refractivity contribution in [2.45, 2.75) is 84.5 Å². The van der Waals surface area contributed by atoms with Crippen molar-refractivity contribution < 1.29 is 9.53 Å². The van der Waals surface area contributed by atoms with Gasteiger partial charge in [-0.2, -0.15) is 4.98 Å². The number of nitrogens with two attached hydrogens (primary N) is 1. The van der Waals surface area contributed by atoms with Crippen molar-refractivity contribution in [1.29, 1.82) is 0 Å². The molecule has 4 heterocycles. The van der Waals surface area contributed by atoms with Gasteiger partial charge in [0.1, 0.15) is 0 Å². The first-order chi connectivity index (χ1) is 18.7. The summed E-state index contributed by atoms with van der Waals surface area (Å²) >= 11 is 0. The van der Waals surface area contributed by atoms with Crippen LogP contribution in [-0.4, -0.2) is 74.4 Å². The molecular formula is C28H43N7O4. The fourth-order valence-corrected chi connectivity index (χ4v) is 5.62. The number of aryl methyl sites for hydroxylation is 1. The van der Waals surface area contributed by atoms with E-state index in [0.717, 1.165) is 58.3 Å². The summed E-state index contributed by atoms with van der Waals surface area (Å²) in [4.78, 5) is 48.2. The molecular weight excluding hydrogens is 498 g/mol. The number of nitrogens with zero attached hydrogens (tertiary/aromatic N) is 6. The Morgan fingerprint density at radius 2 is 1.82 bits per heavy atom. The van der Waals surface area contributed by atoms with Gasteiger partial charge in [-0.1, -0.05) is 5.92 Å². The third-order valence-electron chi connectivity index (χ3n) is 7.75. The molecule has 2 aliphatic rings. The van der Waals surface area contributed by atoms with Crippen LogP contribution in [0.15, 0.2) is 9.59 Å². The largest absolute Gasteiger partial charge is 0.463 e. The molecule has 0 amide bonds. The van der Waals surface area contributed by atoms with Gasteiger partial charge in [0.05, 0.1) is 18.6 Å². The van der Waals surface area contributed by atoms with E-state index in [-0.39, 0.29) is 35.3 Å². The van der Waals surface area contributed by atoms with Crippen molar-refractivity contribution in [2.24, 2.45) is 18.7 Å². The molecule has 0 aliphatic carbocycles. The van der Waals surface area contributed by atoms with E-state index < -0.39 is 0 Å². The lowest BCUT2D eigenvalue weighted by molar-refractivity contribution is -0.154. The Balaban J connectivity index is 1.46. The maximum atomic E-state index is 13.7. The number of carbonyl (C=O) groups excluding carboxylic acids is 1. The van der Waals surface area contributed by atoms with Crippen molar-refractivity contribution in [2.75, 3.05) is 37.6 Å². The van der Waals surface area contributed by atoms with Crippen LogP contribution in [0.3, 0.4) is 0 Å². The van der Waals surface area contributed by atoms with Crippen LogP contribution in [0.2, 0.25) is 0 Å². The van der Waals surface area contributed by atoms with Crippen molar-refractivity contribution in [3.8, 4) is 11.8 Å². The number of rotatable bonds is 9. The van der Waals surface area contributed by atoms with Gasteiger partial charge in [-0.15, -0.1) is 5.92 Å². The number of likely N-dealkylation sites (tertiary alicyclic amines) is 1. The van der Waals surface area contributed by atoms with Crippen LogP contribution in [0.25, 0.3) is 11.2 Å². The Morgan fingerprint density at radius 1 is 1.10 bits per heavy atom. The lowest BCUT2D eigenvalue weighted by Gasteiger charge is -2.31. The predicted octanol–water partition coefficient (Wildman–Crippen LogP) is 1.29. The minimum Gasteiger partial charge on any atom is -0.463 e. The van der Waals surface area contributed by atoms with Crippen LogP contribution >= 0.6 is 0 Å². The third-order valence-corrected chi connectivity index (χ3v) is 7.75. The Bertz CT molecular complexity index is 1340. The minimum absolute atomic E-state index is 0.0233. The molecule has 11 heteroatoms. The van der Waals surface area contributed by atoms with Crippen LogP contribution in [0.5, 0.6) is 0 Å². The summed E-state index contributed by atoms with van der Waals surface area (Å²) in [7, 11) is 1.67. The number of esters is 1.